The van der Waals surface area contributed by atoms with Crippen molar-refractivity contribution in [2.45, 2.75) is 25.7 Å². The second kappa shape index (κ2) is 6.63. The summed E-state index contributed by atoms with van der Waals surface area (Å²) in [5.41, 5.74) is 3.89. The topological polar surface area (TPSA) is 42.2 Å². The van der Waals surface area contributed by atoms with E-state index in [0.717, 1.165) is 42.7 Å². The van der Waals surface area contributed by atoms with Crippen LogP contribution in [0.3, 0.4) is 0 Å². The summed E-state index contributed by atoms with van der Waals surface area (Å²) in [6, 6.07) is 8.24. The average molecular weight is 378 g/mol. The number of benzene rings is 1. The highest BCUT2D eigenvalue weighted by Crippen LogP contribution is 2.32. The molecular formula is C22H20F2N4. The third kappa shape index (κ3) is 2.94. The zero-order chi connectivity index (χ0) is 19.3. The number of imidazole rings is 1. The molecule has 0 saturated carbocycles. The molecular weight excluding hydrogens is 358 g/mol. The van der Waals surface area contributed by atoms with Gasteiger partial charge in [-0.15, -0.1) is 0 Å². The number of piperidine rings is 1. The largest absolute Gasteiger partial charge is 0.317 e. The number of pyridine rings is 2. The third-order valence-electron chi connectivity index (χ3n) is 5.47. The van der Waals surface area contributed by atoms with Crippen molar-refractivity contribution < 1.29 is 8.78 Å². The van der Waals surface area contributed by atoms with E-state index in [1.165, 1.54) is 18.2 Å². The molecule has 0 unspecified atom stereocenters. The molecule has 0 spiro atoms. The maximum atomic E-state index is 14.6. The first-order valence-corrected chi connectivity index (χ1v) is 9.54. The molecule has 1 N–H and O–H groups in total. The van der Waals surface area contributed by atoms with Crippen molar-refractivity contribution in [1.82, 2.24) is 19.7 Å². The minimum atomic E-state index is -0.433. The molecule has 1 saturated heterocycles. The molecule has 1 aromatic carbocycles. The van der Waals surface area contributed by atoms with Crippen LogP contribution in [0, 0.1) is 18.6 Å². The van der Waals surface area contributed by atoms with E-state index in [4.69, 9.17) is 4.98 Å². The van der Waals surface area contributed by atoms with E-state index >= 15 is 0 Å². The molecule has 0 aliphatic carbocycles. The first kappa shape index (κ1) is 17.3. The van der Waals surface area contributed by atoms with Gasteiger partial charge in [0, 0.05) is 40.5 Å². The summed E-state index contributed by atoms with van der Waals surface area (Å²) in [6.45, 7) is 3.77. The summed E-state index contributed by atoms with van der Waals surface area (Å²) in [5, 5.41) is 4.08. The van der Waals surface area contributed by atoms with Crippen LogP contribution >= 0.6 is 0 Å². The molecule has 0 amide bonds. The van der Waals surface area contributed by atoms with Crippen molar-refractivity contribution in [3.63, 3.8) is 0 Å². The fourth-order valence-corrected chi connectivity index (χ4v) is 4.11. The molecule has 4 heterocycles. The predicted octanol–water partition coefficient (Wildman–Crippen LogP) is 4.60. The second-order valence-corrected chi connectivity index (χ2v) is 7.48. The number of hydrogen-bond donors (Lipinski definition) is 1. The Balaban J connectivity index is 1.71. The summed E-state index contributed by atoms with van der Waals surface area (Å²) in [7, 11) is 0. The summed E-state index contributed by atoms with van der Waals surface area (Å²) in [5.74, 6) is -0.405. The molecule has 4 nitrogen and oxygen atoms in total. The highest BCUT2D eigenvalue weighted by Gasteiger charge is 2.18. The van der Waals surface area contributed by atoms with Crippen molar-refractivity contribution in [1.29, 1.82) is 0 Å². The van der Waals surface area contributed by atoms with E-state index in [9.17, 15) is 8.78 Å². The van der Waals surface area contributed by atoms with Crippen molar-refractivity contribution >= 4 is 16.6 Å². The summed E-state index contributed by atoms with van der Waals surface area (Å²) < 4.78 is 30.6. The van der Waals surface area contributed by atoms with Gasteiger partial charge in [0.2, 0.25) is 0 Å². The minimum absolute atomic E-state index is 0.269. The first-order chi connectivity index (χ1) is 13.6. The van der Waals surface area contributed by atoms with Gasteiger partial charge in [0.25, 0.3) is 0 Å². The minimum Gasteiger partial charge on any atom is -0.317 e. The Bertz CT molecular complexity index is 1190. The molecule has 5 rings (SSSR count). The summed E-state index contributed by atoms with van der Waals surface area (Å²) in [6.07, 6.45) is 5.61. The lowest BCUT2D eigenvalue weighted by atomic mass is 9.93. The molecule has 28 heavy (non-hydrogen) atoms. The van der Waals surface area contributed by atoms with Crippen molar-refractivity contribution in [2.24, 2.45) is 0 Å². The zero-order valence-corrected chi connectivity index (χ0v) is 15.5. The van der Waals surface area contributed by atoms with Crippen LogP contribution in [-0.2, 0) is 0 Å². The number of fused-ring (bicyclic) bond motifs is 2. The Morgan fingerprint density at radius 2 is 1.86 bits per heavy atom. The van der Waals surface area contributed by atoms with Crippen molar-refractivity contribution in [2.75, 3.05) is 13.1 Å². The lowest BCUT2D eigenvalue weighted by Crippen LogP contribution is -2.27. The second-order valence-electron chi connectivity index (χ2n) is 7.48. The standard InChI is InChI=1S/C22H20F2N4/c1-13-11-28-12-16(9-19(24)22(28)26-13)18-10-17(23)8-15-2-3-20(27-21(15)18)14-4-6-25-7-5-14/h2-3,8-12,14,25H,4-7H2,1H3. The molecule has 0 bridgehead atoms. The number of aromatic nitrogens is 3. The van der Waals surface area contributed by atoms with Gasteiger partial charge in [-0.05, 0) is 57.1 Å². The lowest BCUT2D eigenvalue weighted by Gasteiger charge is -2.22. The smallest absolute Gasteiger partial charge is 0.173 e. The normalized spacial score (nSPS) is 15.5. The van der Waals surface area contributed by atoms with Crippen molar-refractivity contribution in [3.05, 3.63) is 65.7 Å². The SMILES string of the molecule is Cc1cn2cc(-c3cc(F)cc4ccc(C5CCNCC5)nc34)cc(F)c2n1. The van der Waals surface area contributed by atoms with Gasteiger partial charge in [0.1, 0.15) is 5.82 Å². The van der Waals surface area contributed by atoms with Crippen LogP contribution < -0.4 is 5.32 Å². The van der Waals surface area contributed by atoms with Gasteiger partial charge in [0.05, 0.1) is 11.2 Å². The average Bonchev–Trinajstić information content (AvgIpc) is 3.08. The Morgan fingerprint density at radius 3 is 2.68 bits per heavy atom. The van der Waals surface area contributed by atoms with E-state index in [1.807, 2.05) is 19.1 Å². The van der Waals surface area contributed by atoms with Crippen LogP contribution in [0.25, 0.3) is 27.7 Å². The van der Waals surface area contributed by atoms with Gasteiger partial charge in [-0.3, -0.25) is 4.98 Å². The number of hydrogen-bond acceptors (Lipinski definition) is 3. The molecule has 1 fully saturated rings. The molecule has 0 radical (unpaired) electrons. The van der Waals surface area contributed by atoms with Crippen LogP contribution in [0.15, 0.2) is 42.7 Å². The number of halogens is 2. The Morgan fingerprint density at radius 1 is 1.04 bits per heavy atom. The van der Waals surface area contributed by atoms with Crippen LogP contribution in [0.1, 0.15) is 30.1 Å². The molecule has 4 aromatic rings. The number of rotatable bonds is 2. The molecule has 0 atom stereocenters. The predicted molar refractivity (Wildman–Crippen MR) is 105 cm³/mol. The van der Waals surface area contributed by atoms with Crippen LogP contribution in [0.2, 0.25) is 0 Å². The van der Waals surface area contributed by atoms with Crippen LogP contribution in [-0.4, -0.2) is 27.5 Å². The maximum Gasteiger partial charge on any atom is 0.173 e. The fourth-order valence-electron chi connectivity index (χ4n) is 4.11. The van der Waals surface area contributed by atoms with Crippen LogP contribution in [0.4, 0.5) is 8.78 Å². The Hall–Kier alpha value is -2.86. The zero-order valence-electron chi connectivity index (χ0n) is 15.5. The monoisotopic (exact) mass is 378 g/mol. The summed E-state index contributed by atoms with van der Waals surface area (Å²) in [4.78, 5) is 9.08. The fraction of sp³-hybridized carbons (Fsp3) is 0.273. The highest BCUT2D eigenvalue weighted by molar-refractivity contribution is 5.94. The Labute approximate surface area is 161 Å². The maximum absolute atomic E-state index is 14.6. The van der Waals surface area contributed by atoms with Gasteiger partial charge >= 0.3 is 0 Å². The highest BCUT2D eigenvalue weighted by atomic mass is 19.1. The van der Waals surface area contributed by atoms with Gasteiger partial charge in [-0.1, -0.05) is 6.07 Å². The van der Waals surface area contributed by atoms with Gasteiger partial charge in [-0.25, -0.2) is 13.8 Å². The number of nitrogens with zero attached hydrogens (tertiary/aromatic N) is 3. The molecule has 6 heteroatoms. The van der Waals surface area contributed by atoms with Gasteiger partial charge < -0.3 is 9.72 Å². The molecule has 3 aromatic heterocycles. The van der Waals surface area contributed by atoms with Crippen LogP contribution in [0.5, 0.6) is 0 Å². The first-order valence-electron chi connectivity index (χ1n) is 9.54. The number of aryl methyl sites for hydroxylation is 1. The van der Waals surface area contributed by atoms with E-state index in [0.29, 0.717) is 22.6 Å². The third-order valence-corrected chi connectivity index (χ3v) is 5.47. The van der Waals surface area contributed by atoms with E-state index in [-0.39, 0.29) is 11.5 Å². The summed E-state index contributed by atoms with van der Waals surface area (Å²) >= 11 is 0. The van der Waals surface area contributed by atoms with Crippen molar-refractivity contribution in [3.8, 4) is 11.1 Å². The molecule has 1 aliphatic rings. The van der Waals surface area contributed by atoms with E-state index in [1.54, 1.807) is 16.8 Å². The Kier molecular flexibility index (Phi) is 4.09. The quantitative estimate of drug-likeness (QED) is 0.554. The lowest BCUT2D eigenvalue weighted by molar-refractivity contribution is 0.454. The molecule has 142 valence electrons. The van der Waals surface area contributed by atoms with E-state index in [2.05, 4.69) is 10.3 Å². The van der Waals surface area contributed by atoms with E-state index < -0.39 is 5.82 Å². The number of nitrogens with one attached hydrogen (secondary N) is 1. The van der Waals surface area contributed by atoms with Gasteiger partial charge in [0.15, 0.2) is 11.5 Å². The van der Waals surface area contributed by atoms with Gasteiger partial charge in [-0.2, -0.15) is 0 Å². The molecule has 1 aliphatic heterocycles.